The maximum absolute atomic E-state index is 12.8. The van der Waals surface area contributed by atoms with Gasteiger partial charge in [-0.2, -0.15) is 8.42 Å². The number of benzene rings is 2. The topological polar surface area (TPSA) is 142 Å². The number of rotatable bonds is 8. The number of methoxy groups -OCH3 is 1. The number of carbonyl (C=O) groups excluding carboxylic acids is 2. The summed E-state index contributed by atoms with van der Waals surface area (Å²) in [5.41, 5.74) is -0.121. The van der Waals surface area contributed by atoms with Gasteiger partial charge in [0.2, 0.25) is 0 Å². The monoisotopic (exact) mass is 448 g/mol. The largest absolute Gasteiger partial charge is 0.466 e. The number of para-hydroxylation sites is 1. The second-order valence-electron chi connectivity index (χ2n) is 6.47. The van der Waals surface area contributed by atoms with Crippen molar-refractivity contribution in [2.75, 3.05) is 32.1 Å². The molecular formula is C20H20N2O8S. The number of amides is 1. The summed E-state index contributed by atoms with van der Waals surface area (Å²) < 4.78 is 43.1. The van der Waals surface area contributed by atoms with Gasteiger partial charge in [-0.05, 0) is 30.3 Å². The Bertz CT molecular complexity index is 1130. The highest BCUT2D eigenvalue weighted by atomic mass is 32.2. The van der Waals surface area contributed by atoms with Crippen molar-refractivity contribution in [3.05, 3.63) is 59.8 Å². The van der Waals surface area contributed by atoms with E-state index in [1.165, 1.54) is 11.0 Å². The highest BCUT2D eigenvalue weighted by Crippen LogP contribution is 2.34. The summed E-state index contributed by atoms with van der Waals surface area (Å²) in [5.74, 6) is -0.763. The third-order valence-electron chi connectivity index (χ3n) is 4.43. The van der Waals surface area contributed by atoms with Crippen LogP contribution in [0, 0.1) is 0 Å². The number of nitrogens with one attached hydrogen (secondary N) is 1. The quantitative estimate of drug-likeness (QED) is 0.403. The van der Waals surface area contributed by atoms with E-state index in [0.29, 0.717) is 5.75 Å². The summed E-state index contributed by atoms with van der Waals surface area (Å²) in [4.78, 5) is 25.7. The van der Waals surface area contributed by atoms with Crippen LogP contribution < -0.4 is 10.1 Å². The number of ether oxygens (including phenoxy) is 2. The molecule has 31 heavy (non-hydrogen) atoms. The normalized spacial score (nSPS) is 14.0. The molecule has 1 aliphatic heterocycles. The minimum atomic E-state index is -4.55. The van der Waals surface area contributed by atoms with E-state index in [4.69, 9.17) is 9.47 Å². The van der Waals surface area contributed by atoms with Gasteiger partial charge in [-0.3, -0.25) is 9.35 Å². The lowest BCUT2D eigenvalue weighted by molar-refractivity contribution is -0.136. The van der Waals surface area contributed by atoms with E-state index in [1.807, 2.05) is 0 Å². The maximum atomic E-state index is 12.8. The van der Waals surface area contributed by atoms with Crippen LogP contribution in [0.4, 0.5) is 5.69 Å². The number of esters is 1. The highest BCUT2D eigenvalue weighted by Gasteiger charge is 2.35. The number of anilines is 1. The average molecular weight is 448 g/mol. The lowest BCUT2D eigenvalue weighted by Gasteiger charge is -2.17. The smallest absolute Gasteiger partial charge is 0.337 e. The fourth-order valence-corrected chi connectivity index (χ4v) is 3.46. The lowest BCUT2D eigenvalue weighted by atomic mass is 10.2. The standard InChI is InChI=1S/C20H20N2O8S/c1-29-20(25)15-12-22(9-10-23)19(24)18(15)21-16-11-14(31(26,27)28)7-8-17(16)30-13-5-3-2-4-6-13/h2-8,11,21,23H,9-10,12H2,1H3,(H,26,27,28). The number of hydrogen-bond donors (Lipinski definition) is 3. The van der Waals surface area contributed by atoms with E-state index >= 15 is 0 Å². The third-order valence-corrected chi connectivity index (χ3v) is 5.28. The maximum Gasteiger partial charge on any atom is 0.337 e. The minimum absolute atomic E-state index is 0.00358. The Morgan fingerprint density at radius 2 is 1.90 bits per heavy atom. The summed E-state index contributed by atoms with van der Waals surface area (Å²) in [5, 5.41) is 11.9. The molecule has 0 fully saturated rings. The molecule has 0 atom stereocenters. The molecule has 0 saturated heterocycles. The van der Waals surface area contributed by atoms with E-state index < -0.39 is 26.9 Å². The van der Waals surface area contributed by atoms with Crippen LogP contribution in [0.25, 0.3) is 0 Å². The van der Waals surface area contributed by atoms with Crippen LogP contribution in [0.1, 0.15) is 0 Å². The molecule has 2 aromatic rings. The van der Waals surface area contributed by atoms with Gasteiger partial charge in [0, 0.05) is 6.54 Å². The number of aliphatic hydroxyl groups is 1. The molecule has 0 bridgehead atoms. The van der Waals surface area contributed by atoms with Crippen molar-refractivity contribution < 1.29 is 37.1 Å². The first kappa shape index (κ1) is 22.3. The molecule has 1 heterocycles. The number of carbonyl (C=O) groups is 2. The van der Waals surface area contributed by atoms with Gasteiger partial charge in [0.05, 0.1) is 36.4 Å². The Labute approximate surface area is 178 Å². The number of hydrogen-bond acceptors (Lipinski definition) is 8. The SMILES string of the molecule is COC(=O)C1=C(Nc2cc(S(=O)(=O)O)ccc2Oc2ccccc2)C(=O)N(CCO)C1. The van der Waals surface area contributed by atoms with Gasteiger partial charge in [0.25, 0.3) is 16.0 Å². The molecule has 3 rings (SSSR count). The van der Waals surface area contributed by atoms with Crippen molar-refractivity contribution in [1.29, 1.82) is 0 Å². The molecule has 164 valence electrons. The zero-order valence-corrected chi connectivity index (χ0v) is 17.3. The Kier molecular flexibility index (Phi) is 6.59. The molecule has 0 aliphatic carbocycles. The molecule has 2 aromatic carbocycles. The lowest BCUT2D eigenvalue weighted by Crippen LogP contribution is -2.31. The molecule has 1 amide bonds. The molecule has 0 spiro atoms. The molecule has 11 heteroatoms. The first-order chi connectivity index (χ1) is 14.7. The van der Waals surface area contributed by atoms with Crippen molar-refractivity contribution in [3.63, 3.8) is 0 Å². The second-order valence-corrected chi connectivity index (χ2v) is 7.89. The fraction of sp³-hybridized carbons (Fsp3) is 0.200. The number of β-amino-alcohol motifs (C(OH)–C–C–N with tert-alkyl or cyclic N) is 1. The van der Waals surface area contributed by atoms with E-state index in [0.717, 1.165) is 19.2 Å². The van der Waals surface area contributed by atoms with E-state index in [2.05, 4.69) is 5.32 Å². The fourth-order valence-electron chi connectivity index (χ4n) is 2.96. The van der Waals surface area contributed by atoms with Crippen molar-refractivity contribution >= 4 is 27.7 Å². The first-order valence-electron chi connectivity index (χ1n) is 9.07. The second kappa shape index (κ2) is 9.16. The van der Waals surface area contributed by atoms with Gasteiger partial charge in [-0.25, -0.2) is 4.79 Å². The molecule has 10 nitrogen and oxygen atoms in total. The van der Waals surface area contributed by atoms with Gasteiger partial charge in [-0.1, -0.05) is 18.2 Å². The molecule has 3 N–H and O–H groups in total. The van der Waals surface area contributed by atoms with E-state index in [1.54, 1.807) is 30.3 Å². The Morgan fingerprint density at radius 1 is 1.19 bits per heavy atom. The predicted molar refractivity (Wildman–Crippen MR) is 109 cm³/mol. The first-order valence-corrected chi connectivity index (χ1v) is 10.5. The molecule has 0 unspecified atom stereocenters. The number of aliphatic hydroxyl groups excluding tert-OH is 1. The summed E-state index contributed by atoms with van der Waals surface area (Å²) in [6, 6.07) is 12.1. The number of nitrogens with zero attached hydrogens (tertiary/aromatic N) is 1. The van der Waals surface area contributed by atoms with Gasteiger partial charge in [-0.15, -0.1) is 0 Å². The van der Waals surface area contributed by atoms with Crippen molar-refractivity contribution in [3.8, 4) is 11.5 Å². The van der Waals surface area contributed by atoms with Crippen molar-refractivity contribution in [2.45, 2.75) is 4.90 Å². The van der Waals surface area contributed by atoms with E-state index in [9.17, 15) is 27.7 Å². The van der Waals surface area contributed by atoms with Crippen molar-refractivity contribution in [2.24, 2.45) is 0 Å². The van der Waals surface area contributed by atoms with Crippen LogP contribution in [0.2, 0.25) is 0 Å². The molecule has 1 aliphatic rings. The summed E-state index contributed by atoms with van der Waals surface area (Å²) in [6.45, 7) is -0.418. The minimum Gasteiger partial charge on any atom is -0.466 e. The Hall–Kier alpha value is -3.41. The predicted octanol–water partition coefficient (Wildman–Crippen LogP) is 1.40. The van der Waals surface area contributed by atoms with Crippen LogP contribution in [0.3, 0.4) is 0 Å². The zero-order chi connectivity index (χ0) is 22.6. The van der Waals surface area contributed by atoms with Crippen LogP contribution >= 0.6 is 0 Å². The molecular weight excluding hydrogens is 428 g/mol. The summed E-state index contributed by atoms with van der Waals surface area (Å²) in [7, 11) is -3.39. The van der Waals surface area contributed by atoms with Crippen LogP contribution in [0.5, 0.6) is 11.5 Å². The Morgan fingerprint density at radius 3 is 2.52 bits per heavy atom. The van der Waals surface area contributed by atoms with Gasteiger partial charge in [0.1, 0.15) is 11.4 Å². The Balaban J connectivity index is 2.06. The zero-order valence-electron chi connectivity index (χ0n) is 16.4. The van der Waals surface area contributed by atoms with Crippen LogP contribution in [-0.2, 0) is 24.4 Å². The van der Waals surface area contributed by atoms with Gasteiger partial charge in [0.15, 0.2) is 5.75 Å². The van der Waals surface area contributed by atoms with Crippen molar-refractivity contribution in [1.82, 2.24) is 4.90 Å². The molecule has 0 aromatic heterocycles. The third kappa shape index (κ3) is 5.02. The highest BCUT2D eigenvalue weighted by molar-refractivity contribution is 7.85. The van der Waals surface area contributed by atoms with Gasteiger partial charge >= 0.3 is 5.97 Å². The average Bonchev–Trinajstić information content (AvgIpc) is 3.04. The summed E-state index contributed by atoms with van der Waals surface area (Å²) in [6.07, 6.45) is 0. The van der Waals surface area contributed by atoms with Gasteiger partial charge < -0.3 is 24.8 Å². The van der Waals surface area contributed by atoms with E-state index in [-0.39, 0.29) is 42.4 Å². The van der Waals surface area contributed by atoms with Crippen LogP contribution in [-0.4, -0.2) is 61.7 Å². The molecule has 0 radical (unpaired) electrons. The molecule has 0 saturated carbocycles. The van der Waals surface area contributed by atoms with Crippen LogP contribution in [0.15, 0.2) is 64.7 Å². The summed E-state index contributed by atoms with van der Waals surface area (Å²) >= 11 is 0.